The van der Waals surface area contributed by atoms with Crippen LogP contribution in [0.1, 0.15) is 29.7 Å². The first-order valence-electron chi connectivity index (χ1n) is 12.2. The lowest BCUT2D eigenvalue weighted by Crippen LogP contribution is -2.48. The molecule has 2 N–H and O–H groups in total. The largest absolute Gasteiger partial charge is 0.348 e. The fourth-order valence-electron chi connectivity index (χ4n) is 4.67. The molecule has 0 aliphatic carbocycles. The van der Waals surface area contributed by atoms with Crippen LogP contribution in [0.15, 0.2) is 102 Å². The third-order valence-electron chi connectivity index (χ3n) is 6.47. The highest BCUT2D eigenvalue weighted by atomic mass is 32.2. The van der Waals surface area contributed by atoms with Gasteiger partial charge in [-0.2, -0.15) is 0 Å². The molecule has 0 spiro atoms. The number of carbonyl (C=O) groups excluding carboxylic acids is 1. The summed E-state index contributed by atoms with van der Waals surface area (Å²) >= 11 is 1.59. The van der Waals surface area contributed by atoms with Gasteiger partial charge in [0.2, 0.25) is 15.9 Å². The Morgan fingerprint density at radius 3 is 2.32 bits per heavy atom. The molecule has 0 aliphatic heterocycles. The van der Waals surface area contributed by atoms with Crippen LogP contribution in [0, 0.1) is 0 Å². The fourth-order valence-corrected chi connectivity index (χ4v) is 6.98. The highest BCUT2D eigenvalue weighted by Crippen LogP contribution is 2.28. The maximum Gasteiger partial charge on any atom is 0.238 e. The van der Waals surface area contributed by atoms with Crippen LogP contribution in [-0.4, -0.2) is 20.4 Å². The number of nitrogens with one attached hydrogen (secondary N) is 2. The Kier molecular flexibility index (Phi) is 7.37. The summed E-state index contributed by atoms with van der Waals surface area (Å²) in [5.41, 5.74) is 2.60. The Hall–Kier alpha value is -3.52. The van der Waals surface area contributed by atoms with Crippen LogP contribution < -0.4 is 10.0 Å². The second kappa shape index (κ2) is 10.8. The van der Waals surface area contributed by atoms with Gasteiger partial charge in [0, 0.05) is 4.70 Å². The first-order valence-corrected chi connectivity index (χ1v) is 14.7. The van der Waals surface area contributed by atoms with Crippen LogP contribution >= 0.6 is 11.3 Å². The van der Waals surface area contributed by atoms with Gasteiger partial charge in [-0.3, -0.25) is 4.79 Å². The van der Waals surface area contributed by atoms with E-state index in [0.29, 0.717) is 5.56 Å². The lowest BCUT2D eigenvalue weighted by atomic mass is 9.99. The molecule has 5 aromatic rings. The highest BCUT2D eigenvalue weighted by Gasteiger charge is 2.27. The molecule has 1 aromatic heterocycles. The Balaban J connectivity index is 1.42. The van der Waals surface area contributed by atoms with Crippen LogP contribution in [0.4, 0.5) is 0 Å². The monoisotopic (exact) mass is 528 g/mol. The minimum absolute atomic E-state index is 0.194. The molecule has 0 fully saturated rings. The first kappa shape index (κ1) is 25.1. The number of benzene rings is 4. The van der Waals surface area contributed by atoms with E-state index in [1.807, 2.05) is 85.1 Å². The van der Waals surface area contributed by atoms with Gasteiger partial charge in [0.05, 0.1) is 11.8 Å². The van der Waals surface area contributed by atoms with Gasteiger partial charge in [-0.1, -0.05) is 91.0 Å². The van der Waals surface area contributed by atoms with Crippen molar-refractivity contribution < 1.29 is 13.2 Å². The molecule has 7 heteroatoms. The second-order valence-corrected chi connectivity index (χ2v) is 11.8. The van der Waals surface area contributed by atoms with Gasteiger partial charge in [-0.25, -0.2) is 13.1 Å². The van der Waals surface area contributed by atoms with Crippen molar-refractivity contribution in [3.63, 3.8) is 0 Å². The van der Waals surface area contributed by atoms with Gasteiger partial charge in [0.25, 0.3) is 0 Å². The molecule has 188 valence electrons. The van der Waals surface area contributed by atoms with Gasteiger partial charge in [-0.05, 0) is 57.6 Å². The summed E-state index contributed by atoms with van der Waals surface area (Å²) in [5.74, 6) is -0.548. The molecule has 0 saturated heterocycles. The van der Waals surface area contributed by atoms with Gasteiger partial charge in [-0.15, -0.1) is 11.3 Å². The van der Waals surface area contributed by atoms with E-state index in [1.54, 1.807) is 35.6 Å². The van der Waals surface area contributed by atoms with Crippen molar-refractivity contribution in [2.24, 2.45) is 0 Å². The van der Waals surface area contributed by atoms with E-state index in [2.05, 4.69) is 10.0 Å². The number of sulfonamides is 1. The fraction of sp³-hybridized carbons (Fsp3) is 0.167. The van der Waals surface area contributed by atoms with Gasteiger partial charge >= 0.3 is 0 Å². The molecule has 0 saturated carbocycles. The van der Waals surface area contributed by atoms with Crippen LogP contribution in [0.3, 0.4) is 0 Å². The molecule has 5 rings (SSSR count). The van der Waals surface area contributed by atoms with E-state index in [-0.39, 0.29) is 24.1 Å². The SMILES string of the molecule is CC(NC(=O)C(Cc1csc2ccccc12)NS(=O)(=O)Cc1ccccc1)c1cccc2ccccc12. The molecule has 2 unspecified atom stereocenters. The van der Waals surface area contributed by atoms with E-state index in [0.717, 1.165) is 32.0 Å². The summed E-state index contributed by atoms with van der Waals surface area (Å²) in [5, 5.41) is 8.26. The summed E-state index contributed by atoms with van der Waals surface area (Å²) in [7, 11) is -3.78. The normalized spacial score (nSPS) is 13.4. The Morgan fingerprint density at radius 2 is 1.51 bits per heavy atom. The Morgan fingerprint density at radius 1 is 0.838 bits per heavy atom. The van der Waals surface area contributed by atoms with Crippen LogP contribution in [0.25, 0.3) is 20.9 Å². The second-order valence-electron chi connectivity index (χ2n) is 9.17. The van der Waals surface area contributed by atoms with Crippen molar-refractivity contribution in [1.29, 1.82) is 0 Å². The summed E-state index contributed by atoms with van der Waals surface area (Å²) in [6.45, 7) is 1.93. The van der Waals surface area contributed by atoms with E-state index in [1.165, 1.54) is 0 Å². The molecule has 37 heavy (non-hydrogen) atoms. The van der Waals surface area contributed by atoms with Gasteiger partial charge in [0.15, 0.2) is 0 Å². The standard InChI is InChI=1S/C30H28N2O3S2/c1-21(25-16-9-13-23-12-5-6-14-26(23)25)31-30(33)28(18-24-19-36-29-17-8-7-15-27(24)29)32-37(34,35)20-22-10-3-2-4-11-22/h2-17,19,21,28,32H,18,20H2,1H3,(H,31,33). The first-order chi connectivity index (χ1) is 17.9. The van der Waals surface area contributed by atoms with Crippen LogP contribution in [0.5, 0.6) is 0 Å². The van der Waals surface area contributed by atoms with E-state index in [4.69, 9.17) is 0 Å². The summed E-state index contributed by atoms with van der Waals surface area (Å²) < 4.78 is 30.1. The zero-order valence-corrected chi connectivity index (χ0v) is 22.1. The third kappa shape index (κ3) is 5.91. The number of hydrogen-bond acceptors (Lipinski definition) is 4. The van der Waals surface area contributed by atoms with Gasteiger partial charge < -0.3 is 5.32 Å². The van der Waals surface area contributed by atoms with E-state index in [9.17, 15) is 13.2 Å². The molecular weight excluding hydrogens is 500 g/mol. The zero-order valence-electron chi connectivity index (χ0n) is 20.4. The molecule has 1 heterocycles. The molecule has 5 nitrogen and oxygen atoms in total. The lowest BCUT2D eigenvalue weighted by molar-refractivity contribution is -0.123. The molecule has 0 bridgehead atoms. The average molecular weight is 529 g/mol. The quantitative estimate of drug-likeness (QED) is 0.248. The number of rotatable bonds is 9. The molecular formula is C30H28N2O3S2. The van der Waals surface area contributed by atoms with Crippen molar-refractivity contribution in [3.05, 3.63) is 119 Å². The van der Waals surface area contributed by atoms with Crippen molar-refractivity contribution in [1.82, 2.24) is 10.0 Å². The Labute approximate surface area is 221 Å². The number of fused-ring (bicyclic) bond motifs is 2. The van der Waals surface area contributed by atoms with Crippen LogP contribution in [-0.2, 0) is 27.0 Å². The number of amides is 1. The highest BCUT2D eigenvalue weighted by molar-refractivity contribution is 7.88. The maximum atomic E-state index is 13.6. The van der Waals surface area contributed by atoms with Crippen molar-refractivity contribution in [3.8, 4) is 0 Å². The average Bonchev–Trinajstić information content (AvgIpc) is 3.31. The smallest absolute Gasteiger partial charge is 0.238 e. The Bertz CT molecular complexity index is 1640. The molecule has 1 amide bonds. The predicted octanol–water partition coefficient (Wildman–Crippen LogP) is 5.96. The number of thiophene rings is 1. The number of carbonyl (C=O) groups is 1. The van der Waals surface area contributed by atoms with E-state index < -0.39 is 16.1 Å². The molecule has 4 aromatic carbocycles. The summed E-state index contributed by atoms with van der Waals surface area (Å²) in [6.07, 6.45) is 0.256. The molecule has 0 aliphatic rings. The topological polar surface area (TPSA) is 75.3 Å². The van der Waals surface area contributed by atoms with Crippen molar-refractivity contribution in [2.75, 3.05) is 0 Å². The van der Waals surface area contributed by atoms with Crippen LogP contribution in [0.2, 0.25) is 0 Å². The van der Waals surface area contributed by atoms with Crippen molar-refractivity contribution in [2.45, 2.75) is 31.2 Å². The molecule has 0 radical (unpaired) electrons. The van der Waals surface area contributed by atoms with E-state index >= 15 is 0 Å². The minimum atomic E-state index is -3.78. The van der Waals surface area contributed by atoms with Gasteiger partial charge in [0.1, 0.15) is 6.04 Å². The minimum Gasteiger partial charge on any atom is -0.348 e. The maximum absolute atomic E-state index is 13.6. The number of hydrogen-bond donors (Lipinski definition) is 2. The predicted molar refractivity (Wildman–Crippen MR) is 152 cm³/mol. The summed E-state index contributed by atoms with van der Waals surface area (Å²) in [4.78, 5) is 13.6. The molecule has 2 atom stereocenters. The zero-order chi connectivity index (χ0) is 25.8. The third-order valence-corrected chi connectivity index (χ3v) is 8.84. The lowest BCUT2D eigenvalue weighted by Gasteiger charge is -2.22. The van der Waals surface area contributed by atoms with Crippen molar-refractivity contribution >= 4 is 48.1 Å². The summed E-state index contributed by atoms with van der Waals surface area (Å²) in [6, 6.07) is 29.7.